The Bertz CT molecular complexity index is 1380. The van der Waals surface area contributed by atoms with Crippen LogP contribution in [0.5, 0.6) is 5.75 Å². The maximum atomic E-state index is 13.5. The van der Waals surface area contributed by atoms with Crippen LogP contribution in [-0.4, -0.2) is 23.8 Å². The molecule has 7 nitrogen and oxygen atoms in total. The van der Waals surface area contributed by atoms with Crippen LogP contribution in [0.3, 0.4) is 0 Å². The monoisotopic (exact) mass is 516 g/mol. The highest BCUT2D eigenvalue weighted by Gasteiger charge is 2.33. The quantitative estimate of drug-likeness (QED) is 0.484. The first kappa shape index (κ1) is 22.3. The van der Waals surface area contributed by atoms with E-state index in [0.717, 1.165) is 5.56 Å². The van der Waals surface area contributed by atoms with E-state index in [0.29, 0.717) is 36.8 Å². The summed E-state index contributed by atoms with van der Waals surface area (Å²) in [4.78, 5) is 31.6. The Labute approximate surface area is 196 Å². The number of methoxy groups -OCH3 is 1. The summed E-state index contributed by atoms with van der Waals surface area (Å²) in [5, 5.41) is 0. The van der Waals surface area contributed by atoms with Gasteiger partial charge in [0, 0.05) is 6.08 Å². The SMILES string of the molecule is COc1ccc([C@H]2C(C(=O)OC(C)C)=C(C)N=c3s/c(=C\c4ccc(Br)o4)c(=O)n32)cc1. The van der Waals surface area contributed by atoms with E-state index in [4.69, 9.17) is 13.9 Å². The lowest BCUT2D eigenvalue weighted by Gasteiger charge is -2.25. The summed E-state index contributed by atoms with van der Waals surface area (Å²) in [5.74, 6) is 0.723. The molecule has 0 saturated carbocycles. The fourth-order valence-corrected chi connectivity index (χ4v) is 4.84. The van der Waals surface area contributed by atoms with Gasteiger partial charge in [-0.05, 0) is 66.5 Å². The molecule has 9 heteroatoms. The largest absolute Gasteiger partial charge is 0.497 e. The average Bonchev–Trinajstić information content (AvgIpc) is 3.29. The lowest BCUT2D eigenvalue weighted by molar-refractivity contribution is -0.143. The zero-order chi connectivity index (χ0) is 23.0. The van der Waals surface area contributed by atoms with Crippen molar-refractivity contribution in [1.82, 2.24) is 4.57 Å². The molecule has 0 amide bonds. The van der Waals surface area contributed by atoms with Gasteiger partial charge in [0.05, 0.1) is 35.1 Å². The molecule has 1 atom stereocenters. The third-order valence-corrected chi connectivity index (χ3v) is 6.29. The molecule has 0 radical (unpaired) electrons. The smallest absolute Gasteiger partial charge is 0.338 e. The number of thiazole rings is 1. The van der Waals surface area contributed by atoms with Crippen molar-refractivity contribution in [2.24, 2.45) is 4.99 Å². The van der Waals surface area contributed by atoms with Gasteiger partial charge < -0.3 is 13.9 Å². The Hall–Kier alpha value is -2.91. The van der Waals surface area contributed by atoms with E-state index in [1.54, 1.807) is 62.8 Å². The topological polar surface area (TPSA) is 83.0 Å². The number of nitrogens with zero attached hydrogens (tertiary/aromatic N) is 2. The first-order valence-electron chi connectivity index (χ1n) is 9.91. The number of rotatable bonds is 5. The molecule has 3 heterocycles. The van der Waals surface area contributed by atoms with Crippen molar-refractivity contribution in [3.8, 4) is 5.75 Å². The highest BCUT2D eigenvalue weighted by molar-refractivity contribution is 9.10. The van der Waals surface area contributed by atoms with Crippen LogP contribution < -0.4 is 19.6 Å². The normalized spacial score (nSPS) is 16.2. The number of hydrogen-bond acceptors (Lipinski definition) is 7. The number of carbonyl (C=O) groups is 1. The van der Waals surface area contributed by atoms with Crippen LogP contribution in [0, 0.1) is 0 Å². The van der Waals surface area contributed by atoms with Crippen LogP contribution in [0.25, 0.3) is 6.08 Å². The number of fused-ring (bicyclic) bond motifs is 1. The molecule has 4 rings (SSSR count). The second-order valence-corrected chi connectivity index (χ2v) is 9.24. The zero-order valence-electron chi connectivity index (χ0n) is 17.9. The van der Waals surface area contributed by atoms with E-state index >= 15 is 0 Å². The number of carbonyl (C=O) groups excluding carboxylic acids is 1. The van der Waals surface area contributed by atoms with E-state index in [2.05, 4.69) is 20.9 Å². The number of hydrogen-bond donors (Lipinski definition) is 0. The fourth-order valence-electron chi connectivity index (χ4n) is 3.50. The van der Waals surface area contributed by atoms with Crippen molar-refractivity contribution in [3.63, 3.8) is 0 Å². The minimum Gasteiger partial charge on any atom is -0.497 e. The van der Waals surface area contributed by atoms with E-state index in [1.165, 1.54) is 11.3 Å². The number of esters is 1. The van der Waals surface area contributed by atoms with Crippen molar-refractivity contribution in [2.45, 2.75) is 32.9 Å². The van der Waals surface area contributed by atoms with E-state index < -0.39 is 12.0 Å². The summed E-state index contributed by atoms with van der Waals surface area (Å²) in [6, 6.07) is 10.1. The number of halogens is 1. The third kappa shape index (κ3) is 4.22. The first-order valence-corrected chi connectivity index (χ1v) is 11.5. The molecular formula is C23H21BrN2O5S. The molecule has 0 unspecified atom stereocenters. The molecule has 1 aliphatic heterocycles. The summed E-state index contributed by atoms with van der Waals surface area (Å²) in [6.07, 6.45) is 1.37. The minimum absolute atomic E-state index is 0.260. The predicted molar refractivity (Wildman–Crippen MR) is 124 cm³/mol. The van der Waals surface area contributed by atoms with Gasteiger partial charge in [-0.3, -0.25) is 9.36 Å². The number of benzene rings is 1. The van der Waals surface area contributed by atoms with Crippen LogP contribution >= 0.6 is 27.3 Å². The molecule has 1 aliphatic rings. The Morgan fingerprint density at radius 3 is 2.56 bits per heavy atom. The number of allylic oxidation sites excluding steroid dienone is 1. The van der Waals surface area contributed by atoms with Gasteiger partial charge in [-0.25, -0.2) is 9.79 Å². The van der Waals surface area contributed by atoms with Gasteiger partial charge in [-0.1, -0.05) is 23.5 Å². The number of furan rings is 1. The Balaban J connectivity index is 1.93. The standard InChI is InChI=1S/C23H21BrN2O5S/c1-12(2)30-22(28)19-13(3)25-23-26(20(19)14-5-7-15(29-4)8-6-14)21(27)17(32-23)11-16-9-10-18(24)31-16/h5-12,20H,1-4H3/b17-11-/t20-/m0/s1. The molecule has 32 heavy (non-hydrogen) atoms. The number of ether oxygens (including phenoxy) is 2. The highest BCUT2D eigenvalue weighted by atomic mass is 79.9. The van der Waals surface area contributed by atoms with Gasteiger partial charge in [0.15, 0.2) is 9.47 Å². The van der Waals surface area contributed by atoms with Crippen LogP contribution in [0.2, 0.25) is 0 Å². The molecule has 0 spiro atoms. The summed E-state index contributed by atoms with van der Waals surface area (Å²) in [7, 11) is 1.58. The van der Waals surface area contributed by atoms with Crippen molar-refractivity contribution in [1.29, 1.82) is 0 Å². The summed E-state index contributed by atoms with van der Waals surface area (Å²) < 4.78 is 18.9. The van der Waals surface area contributed by atoms with Gasteiger partial charge in [0.25, 0.3) is 5.56 Å². The van der Waals surface area contributed by atoms with Crippen LogP contribution in [0.1, 0.15) is 38.1 Å². The molecule has 0 fully saturated rings. The summed E-state index contributed by atoms with van der Waals surface area (Å²) >= 11 is 4.52. The fraction of sp³-hybridized carbons (Fsp3) is 0.261. The second kappa shape index (κ2) is 8.91. The highest BCUT2D eigenvalue weighted by Crippen LogP contribution is 2.31. The zero-order valence-corrected chi connectivity index (χ0v) is 20.3. The number of aromatic nitrogens is 1. The molecule has 166 valence electrons. The van der Waals surface area contributed by atoms with E-state index in [9.17, 15) is 9.59 Å². The Morgan fingerprint density at radius 1 is 1.25 bits per heavy atom. The Morgan fingerprint density at radius 2 is 1.97 bits per heavy atom. The molecular weight excluding hydrogens is 496 g/mol. The van der Waals surface area contributed by atoms with Crippen molar-refractivity contribution >= 4 is 39.3 Å². The van der Waals surface area contributed by atoms with E-state index in [1.807, 2.05) is 12.1 Å². The molecule has 3 aromatic rings. The minimum atomic E-state index is -0.672. The summed E-state index contributed by atoms with van der Waals surface area (Å²) in [6.45, 7) is 5.33. The van der Waals surface area contributed by atoms with Gasteiger partial charge in [0.2, 0.25) is 0 Å². The maximum Gasteiger partial charge on any atom is 0.338 e. The summed E-state index contributed by atoms with van der Waals surface area (Å²) in [5.41, 5.74) is 1.35. The first-order chi connectivity index (χ1) is 15.3. The van der Waals surface area contributed by atoms with Crippen LogP contribution in [0.15, 0.2) is 66.5 Å². The van der Waals surface area contributed by atoms with Gasteiger partial charge in [-0.2, -0.15) is 0 Å². The van der Waals surface area contributed by atoms with Crippen molar-refractivity contribution < 1.29 is 18.7 Å². The van der Waals surface area contributed by atoms with Gasteiger partial charge in [-0.15, -0.1) is 0 Å². The third-order valence-electron chi connectivity index (χ3n) is 4.88. The maximum absolute atomic E-state index is 13.5. The lowest BCUT2D eigenvalue weighted by Crippen LogP contribution is -2.40. The molecule has 0 aliphatic carbocycles. The predicted octanol–water partition coefficient (Wildman–Crippen LogP) is 3.55. The molecule has 0 bridgehead atoms. The second-order valence-electron chi connectivity index (χ2n) is 7.45. The van der Waals surface area contributed by atoms with Gasteiger partial charge >= 0.3 is 5.97 Å². The Kier molecular flexibility index (Phi) is 6.21. The molecule has 0 N–H and O–H groups in total. The van der Waals surface area contributed by atoms with Crippen molar-refractivity contribution in [3.05, 3.63) is 83.3 Å². The van der Waals surface area contributed by atoms with Crippen LogP contribution in [-0.2, 0) is 9.53 Å². The lowest BCUT2D eigenvalue weighted by atomic mass is 9.96. The van der Waals surface area contributed by atoms with Gasteiger partial charge in [0.1, 0.15) is 11.5 Å². The molecule has 2 aromatic heterocycles. The van der Waals surface area contributed by atoms with E-state index in [-0.39, 0.29) is 11.7 Å². The van der Waals surface area contributed by atoms with Crippen LogP contribution in [0.4, 0.5) is 0 Å². The molecule has 0 saturated heterocycles. The average molecular weight is 517 g/mol. The molecule has 1 aromatic carbocycles. The van der Waals surface area contributed by atoms with Crippen molar-refractivity contribution in [2.75, 3.05) is 7.11 Å².